The molecular formula is C29H33N5O7. The Morgan fingerprint density at radius 1 is 1.12 bits per heavy atom. The predicted molar refractivity (Wildman–Crippen MR) is 151 cm³/mol. The van der Waals surface area contributed by atoms with Gasteiger partial charge >= 0.3 is 6.09 Å². The lowest BCUT2D eigenvalue weighted by atomic mass is 10.1. The lowest BCUT2D eigenvalue weighted by molar-refractivity contribution is -0.135. The molecule has 0 radical (unpaired) electrons. The van der Waals surface area contributed by atoms with Crippen molar-refractivity contribution in [1.29, 1.82) is 0 Å². The van der Waals surface area contributed by atoms with Crippen molar-refractivity contribution in [2.24, 2.45) is 0 Å². The maximum Gasteiger partial charge on any atom is 0.410 e. The van der Waals surface area contributed by atoms with E-state index >= 15 is 0 Å². The predicted octanol–water partition coefficient (Wildman–Crippen LogP) is 3.18. The number of imide groups is 1. The van der Waals surface area contributed by atoms with E-state index < -0.39 is 35.1 Å². The third-order valence-electron chi connectivity index (χ3n) is 6.40. The number of aryl methyl sites for hydroxylation is 1. The van der Waals surface area contributed by atoms with Gasteiger partial charge in [-0.3, -0.25) is 29.1 Å². The minimum atomic E-state index is -0.853. The Morgan fingerprint density at radius 2 is 1.85 bits per heavy atom. The molecule has 1 aliphatic rings. The minimum Gasteiger partial charge on any atom is -0.491 e. The highest BCUT2D eigenvalue weighted by atomic mass is 16.6. The Kier molecular flexibility index (Phi) is 8.41. The van der Waals surface area contributed by atoms with Crippen LogP contribution in [0.2, 0.25) is 0 Å². The Bertz CT molecular complexity index is 1570. The molecule has 0 bridgehead atoms. The van der Waals surface area contributed by atoms with Crippen LogP contribution in [0.3, 0.4) is 0 Å². The summed E-state index contributed by atoms with van der Waals surface area (Å²) < 4.78 is 12.5. The van der Waals surface area contributed by atoms with Gasteiger partial charge in [-0.05, 0) is 58.4 Å². The van der Waals surface area contributed by atoms with E-state index in [4.69, 9.17) is 9.47 Å². The summed E-state index contributed by atoms with van der Waals surface area (Å²) >= 11 is 0. The fourth-order valence-corrected chi connectivity index (χ4v) is 4.42. The maximum absolute atomic E-state index is 13.4. The first-order chi connectivity index (χ1) is 19.4. The molecule has 0 saturated carbocycles. The fourth-order valence-electron chi connectivity index (χ4n) is 4.42. The van der Waals surface area contributed by atoms with E-state index in [1.165, 1.54) is 9.47 Å². The number of hydrogen-bond donors (Lipinski definition) is 2. The second kappa shape index (κ2) is 11.8. The largest absolute Gasteiger partial charge is 0.491 e. The van der Waals surface area contributed by atoms with Gasteiger partial charge in [0.1, 0.15) is 35.3 Å². The molecule has 2 N–H and O–H groups in total. The molecule has 4 rings (SSSR count). The molecule has 1 aromatic heterocycles. The van der Waals surface area contributed by atoms with E-state index in [9.17, 15) is 24.0 Å². The van der Waals surface area contributed by atoms with E-state index in [2.05, 4.69) is 15.6 Å². The van der Waals surface area contributed by atoms with E-state index in [1.54, 1.807) is 77.2 Å². The summed E-state index contributed by atoms with van der Waals surface area (Å²) in [6.07, 6.45) is -0.170. The molecule has 2 heterocycles. The summed E-state index contributed by atoms with van der Waals surface area (Å²) in [5.41, 5.74) is -0.245. The summed E-state index contributed by atoms with van der Waals surface area (Å²) in [5.74, 6) is -0.827. The van der Waals surface area contributed by atoms with Crippen molar-refractivity contribution in [1.82, 2.24) is 19.8 Å². The lowest BCUT2D eigenvalue weighted by Gasteiger charge is -2.24. The van der Waals surface area contributed by atoms with E-state index in [0.717, 1.165) is 0 Å². The number of hydrogen-bond acceptors (Lipinski definition) is 8. The number of carbonyl (C=O) groups is 4. The first-order valence-electron chi connectivity index (χ1n) is 13.2. The van der Waals surface area contributed by atoms with Crippen LogP contribution < -0.4 is 20.9 Å². The fraction of sp³-hybridized carbons (Fsp3) is 0.379. The molecule has 0 spiro atoms. The Morgan fingerprint density at radius 3 is 2.56 bits per heavy atom. The van der Waals surface area contributed by atoms with E-state index in [-0.39, 0.29) is 54.2 Å². The number of aromatic nitrogens is 2. The Balaban J connectivity index is 1.53. The van der Waals surface area contributed by atoms with Gasteiger partial charge in [0, 0.05) is 13.5 Å². The number of likely N-dealkylation sites (N-methyl/N-ethyl adjacent to an activating group) is 1. The first-order valence-corrected chi connectivity index (χ1v) is 13.2. The average molecular weight is 564 g/mol. The summed E-state index contributed by atoms with van der Waals surface area (Å²) in [6.45, 7) is 7.30. The van der Waals surface area contributed by atoms with Gasteiger partial charge in [-0.15, -0.1) is 0 Å². The molecule has 2 aromatic carbocycles. The molecule has 1 atom stereocenters. The van der Waals surface area contributed by atoms with Crippen molar-refractivity contribution < 1.29 is 28.7 Å². The van der Waals surface area contributed by atoms with Gasteiger partial charge in [0.2, 0.25) is 11.8 Å². The van der Waals surface area contributed by atoms with E-state index in [1.807, 2.05) is 0 Å². The topological polar surface area (TPSA) is 149 Å². The number of ether oxygens (including phenoxy) is 2. The van der Waals surface area contributed by atoms with Crippen LogP contribution in [0.5, 0.6) is 5.75 Å². The number of nitrogens with one attached hydrogen (secondary N) is 2. The summed E-state index contributed by atoms with van der Waals surface area (Å²) in [5, 5.41) is 5.30. The number of benzene rings is 2. The third-order valence-corrected chi connectivity index (χ3v) is 6.40. The number of anilines is 1. The van der Waals surface area contributed by atoms with Gasteiger partial charge in [-0.25, -0.2) is 9.78 Å². The summed E-state index contributed by atoms with van der Waals surface area (Å²) in [4.78, 5) is 68.9. The maximum atomic E-state index is 13.4. The van der Waals surface area contributed by atoms with Gasteiger partial charge in [-0.2, -0.15) is 0 Å². The first kappa shape index (κ1) is 29.2. The Labute approximate surface area is 236 Å². The number of piperidine rings is 1. The molecule has 12 heteroatoms. The van der Waals surface area contributed by atoms with Crippen molar-refractivity contribution >= 4 is 40.4 Å². The van der Waals surface area contributed by atoms with Crippen molar-refractivity contribution in [2.75, 3.05) is 25.5 Å². The number of fused-ring (bicyclic) bond motifs is 1. The zero-order valence-corrected chi connectivity index (χ0v) is 23.6. The highest BCUT2D eigenvalue weighted by molar-refractivity contribution is 6.09. The van der Waals surface area contributed by atoms with Crippen LogP contribution in [0, 0.1) is 6.92 Å². The van der Waals surface area contributed by atoms with Gasteiger partial charge < -0.3 is 19.7 Å². The monoisotopic (exact) mass is 563 g/mol. The van der Waals surface area contributed by atoms with Crippen LogP contribution in [0.1, 0.15) is 55.8 Å². The molecule has 1 unspecified atom stereocenters. The molecule has 216 valence electrons. The van der Waals surface area contributed by atoms with Gasteiger partial charge in [0.25, 0.3) is 11.5 Å². The van der Waals surface area contributed by atoms with Crippen LogP contribution >= 0.6 is 0 Å². The number of nitrogens with zero attached hydrogens (tertiary/aromatic N) is 3. The van der Waals surface area contributed by atoms with Crippen LogP contribution in [-0.4, -0.2) is 64.1 Å². The normalized spacial score (nSPS) is 15.3. The van der Waals surface area contributed by atoms with Crippen molar-refractivity contribution in [2.45, 2.75) is 52.2 Å². The summed E-state index contributed by atoms with van der Waals surface area (Å²) in [7, 11) is 1.60. The van der Waals surface area contributed by atoms with Crippen molar-refractivity contribution in [3.8, 4) is 5.75 Å². The quantitative estimate of drug-likeness (QED) is 0.417. The van der Waals surface area contributed by atoms with Gasteiger partial charge in [-0.1, -0.05) is 18.2 Å². The highest BCUT2D eigenvalue weighted by Crippen LogP contribution is 2.25. The van der Waals surface area contributed by atoms with Crippen molar-refractivity contribution in [3.05, 3.63) is 64.2 Å². The standard InChI is InChI=1S/C29H33N5O7/c1-17-30-24-19(27(38)34(17)21-13-14-23(35)32-26(21)37)10-8-11-20(24)31-25(36)18-9-6-7-12-22(18)40-16-15-33(5)28(39)41-29(2,3)4/h6-12,21H,13-16H2,1-5H3,(H,31,36)(H,32,35,37). The molecular weight excluding hydrogens is 530 g/mol. The zero-order chi connectivity index (χ0) is 29.9. The number of para-hydroxylation sites is 2. The van der Waals surface area contributed by atoms with E-state index in [0.29, 0.717) is 11.4 Å². The average Bonchev–Trinajstić information content (AvgIpc) is 2.89. The van der Waals surface area contributed by atoms with Gasteiger partial charge in [0.05, 0.1) is 23.2 Å². The number of amides is 4. The summed E-state index contributed by atoms with van der Waals surface area (Å²) in [6, 6.07) is 10.6. The molecule has 1 aliphatic heterocycles. The smallest absolute Gasteiger partial charge is 0.410 e. The lowest BCUT2D eigenvalue weighted by Crippen LogP contribution is -2.45. The zero-order valence-electron chi connectivity index (χ0n) is 23.6. The molecule has 3 aromatic rings. The number of carbonyl (C=O) groups excluding carboxylic acids is 4. The van der Waals surface area contributed by atoms with Gasteiger partial charge in [0.15, 0.2) is 0 Å². The molecule has 0 aliphatic carbocycles. The highest BCUT2D eigenvalue weighted by Gasteiger charge is 2.31. The molecule has 4 amide bonds. The second-order valence-corrected chi connectivity index (χ2v) is 10.7. The molecule has 1 saturated heterocycles. The van der Waals surface area contributed by atoms with Crippen LogP contribution in [0.15, 0.2) is 47.3 Å². The number of rotatable bonds is 7. The SMILES string of the molecule is Cc1nc2c(NC(=O)c3ccccc3OCCN(C)C(=O)OC(C)(C)C)cccc2c(=O)n1C1CCC(=O)NC1=O. The third kappa shape index (κ3) is 6.71. The molecule has 12 nitrogen and oxygen atoms in total. The van der Waals surface area contributed by atoms with Crippen LogP contribution in [-0.2, 0) is 14.3 Å². The molecule has 41 heavy (non-hydrogen) atoms. The second-order valence-electron chi connectivity index (χ2n) is 10.7. The van der Waals surface area contributed by atoms with Crippen molar-refractivity contribution in [3.63, 3.8) is 0 Å². The molecule has 1 fully saturated rings. The minimum absolute atomic E-state index is 0.120. The van der Waals surface area contributed by atoms with Crippen LogP contribution in [0.25, 0.3) is 10.9 Å². The Hall–Kier alpha value is -4.74. The van der Waals surface area contributed by atoms with Crippen LogP contribution in [0.4, 0.5) is 10.5 Å².